The Morgan fingerprint density at radius 1 is 1.18 bits per heavy atom. The molecule has 1 aliphatic heterocycles. The standard InChI is InChI=1S/C21H26BrClN2O.2ClH/c1-2-25-11-5-7-19(25)14-24-13-17-12-18(22)9-10-21(17)26-15-16-6-3-4-8-20(16)23;;/h3-4,6,8-10,12,19,24H,2,5,7,11,13-15H2,1H3;2*1H. The zero-order chi connectivity index (χ0) is 18.4. The SMILES string of the molecule is CCN1CCCC1CNCc1cc(Br)ccc1OCc1ccccc1Cl.Cl.Cl. The summed E-state index contributed by atoms with van der Waals surface area (Å²) in [5, 5.41) is 4.36. The van der Waals surface area contributed by atoms with Gasteiger partial charge in [-0.3, -0.25) is 4.90 Å². The molecule has 28 heavy (non-hydrogen) atoms. The van der Waals surface area contributed by atoms with Crippen molar-refractivity contribution in [3.05, 3.63) is 63.1 Å². The molecule has 1 saturated heterocycles. The van der Waals surface area contributed by atoms with E-state index in [0.717, 1.165) is 46.0 Å². The van der Waals surface area contributed by atoms with E-state index >= 15 is 0 Å². The lowest BCUT2D eigenvalue weighted by Gasteiger charge is -2.23. The van der Waals surface area contributed by atoms with Gasteiger partial charge in [0.2, 0.25) is 0 Å². The Morgan fingerprint density at radius 3 is 2.71 bits per heavy atom. The van der Waals surface area contributed by atoms with Crippen LogP contribution in [0.15, 0.2) is 46.9 Å². The van der Waals surface area contributed by atoms with Crippen molar-refractivity contribution in [1.82, 2.24) is 10.2 Å². The van der Waals surface area contributed by atoms with E-state index < -0.39 is 0 Å². The molecular weight excluding hydrogens is 483 g/mol. The van der Waals surface area contributed by atoms with E-state index in [2.05, 4.69) is 39.1 Å². The molecule has 0 saturated carbocycles. The normalized spacial score (nSPS) is 16.3. The van der Waals surface area contributed by atoms with Crippen molar-refractivity contribution in [1.29, 1.82) is 0 Å². The van der Waals surface area contributed by atoms with E-state index in [0.29, 0.717) is 12.6 Å². The van der Waals surface area contributed by atoms with E-state index in [-0.39, 0.29) is 24.8 Å². The summed E-state index contributed by atoms with van der Waals surface area (Å²) in [6.45, 7) is 6.89. The van der Waals surface area contributed by atoms with Crippen molar-refractivity contribution in [3.8, 4) is 5.75 Å². The molecule has 3 rings (SSSR count). The van der Waals surface area contributed by atoms with Gasteiger partial charge in [0, 0.05) is 39.8 Å². The van der Waals surface area contributed by atoms with Crippen LogP contribution in [0.3, 0.4) is 0 Å². The van der Waals surface area contributed by atoms with Crippen LogP contribution in [-0.2, 0) is 13.2 Å². The number of likely N-dealkylation sites (tertiary alicyclic amines) is 1. The van der Waals surface area contributed by atoms with Crippen LogP contribution in [0.25, 0.3) is 0 Å². The number of benzene rings is 2. The quantitative estimate of drug-likeness (QED) is 0.465. The smallest absolute Gasteiger partial charge is 0.124 e. The van der Waals surface area contributed by atoms with Crippen LogP contribution in [0.1, 0.15) is 30.9 Å². The monoisotopic (exact) mass is 508 g/mol. The first-order valence-electron chi connectivity index (χ1n) is 9.26. The average Bonchev–Trinajstić information content (AvgIpc) is 3.10. The molecule has 0 spiro atoms. The molecule has 1 fully saturated rings. The fourth-order valence-electron chi connectivity index (χ4n) is 3.51. The highest BCUT2D eigenvalue weighted by molar-refractivity contribution is 9.10. The van der Waals surface area contributed by atoms with Crippen molar-refractivity contribution in [2.45, 2.75) is 39.0 Å². The van der Waals surface area contributed by atoms with Gasteiger partial charge < -0.3 is 10.1 Å². The summed E-state index contributed by atoms with van der Waals surface area (Å²) in [5.74, 6) is 0.902. The third kappa shape index (κ3) is 7.08. The Balaban J connectivity index is 0.00000196. The van der Waals surface area contributed by atoms with Gasteiger partial charge in [-0.1, -0.05) is 52.7 Å². The predicted octanol–water partition coefficient (Wildman–Crippen LogP) is 6.10. The molecular formula is C21H28BrCl3N2O. The summed E-state index contributed by atoms with van der Waals surface area (Å²) >= 11 is 9.80. The Bertz CT molecular complexity index is 733. The first-order chi connectivity index (χ1) is 12.7. The van der Waals surface area contributed by atoms with Crippen LogP contribution >= 0.6 is 52.3 Å². The summed E-state index contributed by atoms with van der Waals surface area (Å²) in [4.78, 5) is 2.56. The lowest BCUT2D eigenvalue weighted by molar-refractivity contribution is 0.259. The van der Waals surface area contributed by atoms with Gasteiger partial charge in [0.25, 0.3) is 0 Å². The molecule has 2 aromatic carbocycles. The molecule has 156 valence electrons. The number of halogens is 4. The molecule has 1 atom stereocenters. The van der Waals surface area contributed by atoms with Crippen molar-refractivity contribution in [2.24, 2.45) is 0 Å². The van der Waals surface area contributed by atoms with Gasteiger partial charge in [-0.2, -0.15) is 0 Å². The number of hydrogen-bond donors (Lipinski definition) is 1. The van der Waals surface area contributed by atoms with E-state index in [1.54, 1.807) is 0 Å². The molecule has 0 bridgehead atoms. The van der Waals surface area contributed by atoms with Gasteiger partial charge in [-0.25, -0.2) is 0 Å². The Labute approximate surface area is 194 Å². The maximum Gasteiger partial charge on any atom is 0.124 e. The Morgan fingerprint density at radius 2 is 1.96 bits per heavy atom. The van der Waals surface area contributed by atoms with Crippen molar-refractivity contribution < 1.29 is 4.74 Å². The molecule has 1 N–H and O–H groups in total. The number of likely N-dealkylation sites (N-methyl/N-ethyl adjacent to an activating group) is 1. The first-order valence-corrected chi connectivity index (χ1v) is 10.4. The van der Waals surface area contributed by atoms with Gasteiger partial charge in [0.05, 0.1) is 0 Å². The maximum absolute atomic E-state index is 6.23. The third-order valence-electron chi connectivity index (χ3n) is 4.96. The van der Waals surface area contributed by atoms with Gasteiger partial charge >= 0.3 is 0 Å². The van der Waals surface area contributed by atoms with Gasteiger partial charge in [-0.15, -0.1) is 24.8 Å². The molecule has 0 aliphatic carbocycles. The van der Waals surface area contributed by atoms with Crippen LogP contribution < -0.4 is 10.1 Å². The number of nitrogens with one attached hydrogen (secondary N) is 1. The van der Waals surface area contributed by atoms with Crippen LogP contribution in [0.5, 0.6) is 5.75 Å². The van der Waals surface area contributed by atoms with Crippen LogP contribution in [0.4, 0.5) is 0 Å². The minimum Gasteiger partial charge on any atom is -0.489 e. The largest absolute Gasteiger partial charge is 0.489 e. The number of rotatable bonds is 8. The first kappa shape index (κ1) is 25.5. The molecule has 0 radical (unpaired) electrons. The highest BCUT2D eigenvalue weighted by atomic mass is 79.9. The zero-order valence-corrected chi connectivity index (χ0v) is 20.0. The van der Waals surface area contributed by atoms with Crippen LogP contribution in [0.2, 0.25) is 5.02 Å². The highest BCUT2D eigenvalue weighted by Crippen LogP contribution is 2.25. The van der Waals surface area contributed by atoms with Crippen molar-refractivity contribution in [3.63, 3.8) is 0 Å². The second kappa shape index (κ2) is 12.9. The average molecular weight is 511 g/mol. The fraction of sp³-hybridized carbons (Fsp3) is 0.429. The second-order valence-corrected chi connectivity index (χ2v) is 8.01. The summed E-state index contributed by atoms with van der Waals surface area (Å²) < 4.78 is 7.13. The number of ether oxygens (including phenoxy) is 1. The van der Waals surface area contributed by atoms with Gasteiger partial charge in [0.1, 0.15) is 12.4 Å². The maximum atomic E-state index is 6.23. The van der Waals surface area contributed by atoms with E-state index in [1.807, 2.05) is 36.4 Å². The zero-order valence-electron chi connectivity index (χ0n) is 16.0. The Kier molecular flexibility index (Phi) is 11.8. The van der Waals surface area contributed by atoms with Gasteiger partial charge in [0.15, 0.2) is 0 Å². The molecule has 7 heteroatoms. The van der Waals surface area contributed by atoms with Gasteiger partial charge in [-0.05, 0) is 50.2 Å². The summed E-state index contributed by atoms with van der Waals surface area (Å²) in [7, 11) is 0. The topological polar surface area (TPSA) is 24.5 Å². The predicted molar refractivity (Wildman–Crippen MR) is 126 cm³/mol. The fourth-order valence-corrected chi connectivity index (χ4v) is 4.11. The van der Waals surface area contributed by atoms with Crippen molar-refractivity contribution in [2.75, 3.05) is 19.6 Å². The molecule has 3 nitrogen and oxygen atoms in total. The minimum atomic E-state index is 0. The lowest BCUT2D eigenvalue weighted by Crippen LogP contribution is -2.37. The molecule has 1 unspecified atom stereocenters. The molecule has 1 heterocycles. The van der Waals surface area contributed by atoms with Crippen LogP contribution in [0, 0.1) is 0 Å². The van der Waals surface area contributed by atoms with E-state index in [4.69, 9.17) is 16.3 Å². The van der Waals surface area contributed by atoms with E-state index in [1.165, 1.54) is 19.4 Å². The molecule has 0 aromatic heterocycles. The molecule has 0 amide bonds. The summed E-state index contributed by atoms with van der Waals surface area (Å²) in [5.41, 5.74) is 2.16. The number of hydrogen-bond acceptors (Lipinski definition) is 3. The summed E-state index contributed by atoms with van der Waals surface area (Å²) in [6.07, 6.45) is 2.60. The molecule has 1 aliphatic rings. The molecule has 2 aromatic rings. The highest BCUT2D eigenvalue weighted by Gasteiger charge is 2.22. The van der Waals surface area contributed by atoms with Crippen molar-refractivity contribution >= 4 is 52.3 Å². The van der Waals surface area contributed by atoms with Crippen LogP contribution in [-0.4, -0.2) is 30.6 Å². The Hall–Kier alpha value is -0.490. The second-order valence-electron chi connectivity index (χ2n) is 6.69. The minimum absolute atomic E-state index is 0. The lowest BCUT2D eigenvalue weighted by atomic mass is 10.1. The number of nitrogens with zero attached hydrogens (tertiary/aromatic N) is 1. The van der Waals surface area contributed by atoms with E-state index in [9.17, 15) is 0 Å². The summed E-state index contributed by atoms with van der Waals surface area (Å²) in [6, 6.07) is 14.6. The third-order valence-corrected chi connectivity index (χ3v) is 5.83.